The van der Waals surface area contributed by atoms with E-state index in [0.29, 0.717) is 11.4 Å². The average Bonchev–Trinajstić information content (AvgIpc) is 2.71. The van der Waals surface area contributed by atoms with E-state index in [9.17, 15) is 9.90 Å². The van der Waals surface area contributed by atoms with Gasteiger partial charge in [0.1, 0.15) is 5.75 Å². The van der Waals surface area contributed by atoms with Gasteiger partial charge >= 0.3 is 5.97 Å². The third-order valence-electron chi connectivity index (χ3n) is 4.33. The summed E-state index contributed by atoms with van der Waals surface area (Å²) in [5.41, 5.74) is 7.62. The SMILES string of the molecule is COC(=O)C(O)C(Sc1cccc2cccc(N)c12)c1ccc(OC)cc1. The van der Waals surface area contributed by atoms with Crippen LogP contribution >= 0.6 is 11.8 Å². The van der Waals surface area contributed by atoms with Crippen LogP contribution in [0.15, 0.2) is 65.6 Å². The first kappa shape index (κ1) is 19.1. The van der Waals surface area contributed by atoms with E-state index in [4.69, 9.17) is 15.2 Å². The third-order valence-corrected chi connectivity index (χ3v) is 5.70. The van der Waals surface area contributed by atoms with Gasteiger partial charge in [-0.2, -0.15) is 0 Å². The van der Waals surface area contributed by atoms with Crippen molar-refractivity contribution < 1.29 is 19.4 Å². The normalized spacial score (nSPS) is 13.1. The molecule has 3 aromatic carbocycles. The number of ether oxygens (including phenoxy) is 2. The molecule has 27 heavy (non-hydrogen) atoms. The van der Waals surface area contributed by atoms with Crippen molar-refractivity contribution in [3.8, 4) is 5.75 Å². The lowest BCUT2D eigenvalue weighted by Gasteiger charge is -2.22. The van der Waals surface area contributed by atoms with E-state index in [-0.39, 0.29) is 0 Å². The highest BCUT2D eigenvalue weighted by atomic mass is 32.2. The van der Waals surface area contributed by atoms with Crippen molar-refractivity contribution in [1.82, 2.24) is 0 Å². The molecule has 0 fully saturated rings. The molecule has 2 unspecified atom stereocenters. The number of nitrogens with two attached hydrogens (primary N) is 1. The fourth-order valence-electron chi connectivity index (χ4n) is 2.92. The molecule has 0 aliphatic carbocycles. The molecule has 0 saturated carbocycles. The topological polar surface area (TPSA) is 81.8 Å². The number of benzene rings is 3. The number of anilines is 1. The molecule has 2 atom stereocenters. The number of aliphatic hydroxyl groups excluding tert-OH is 1. The highest BCUT2D eigenvalue weighted by molar-refractivity contribution is 7.99. The van der Waals surface area contributed by atoms with Crippen molar-refractivity contribution in [3.05, 3.63) is 66.2 Å². The zero-order chi connectivity index (χ0) is 19.4. The third kappa shape index (κ3) is 4.02. The minimum atomic E-state index is -1.33. The fourth-order valence-corrected chi connectivity index (χ4v) is 4.24. The maximum absolute atomic E-state index is 12.0. The van der Waals surface area contributed by atoms with Crippen LogP contribution in [0, 0.1) is 0 Å². The molecule has 0 bridgehead atoms. The number of nitrogen functional groups attached to an aromatic ring is 1. The van der Waals surface area contributed by atoms with Gasteiger partial charge in [0.15, 0.2) is 6.10 Å². The van der Waals surface area contributed by atoms with Gasteiger partial charge in [-0.25, -0.2) is 4.79 Å². The molecular weight excluding hydrogens is 362 g/mol. The summed E-state index contributed by atoms with van der Waals surface area (Å²) in [6.45, 7) is 0. The Labute approximate surface area is 162 Å². The van der Waals surface area contributed by atoms with Crippen molar-refractivity contribution in [3.63, 3.8) is 0 Å². The van der Waals surface area contributed by atoms with Crippen molar-refractivity contribution in [2.45, 2.75) is 16.2 Å². The van der Waals surface area contributed by atoms with E-state index >= 15 is 0 Å². The summed E-state index contributed by atoms with van der Waals surface area (Å²) in [7, 11) is 2.85. The van der Waals surface area contributed by atoms with Gasteiger partial charge in [0.2, 0.25) is 0 Å². The van der Waals surface area contributed by atoms with Gasteiger partial charge in [-0.15, -0.1) is 11.8 Å². The van der Waals surface area contributed by atoms with E-state index < -0.39 is 17.3 Å². The van der Waals surface area contributed by atoms with Crippen LogP contribution in [0.4, 0.5) is 5.69 Å². The zero-order valence-electron chi connectivity index (χ0n) is 15.1. The summed E-state index contributed by atoms with van der Waals surface area (Å²) >= 11 is 1.38. The molecule has 0 radical (unpaired) electrons. The standard InChI is InChI=1S/C21H21NO4S/c1-25-15-11-9-14(10-12-15)20(19(23)21(24)26-2)27-17-8-4-6-13-5-3-7-16(22)18(13)17/h3-12,19-20,23H,22H2,1-2H3. The Bertz CT molecular complexity index is 937. The second kappa shape index (κ2) is 8.33. The maximum atomic E-state index is 12.0. The number of aliphatic hydroxyl groups is 1. The molecule has 3 rings (SSSR count). The summed E-state index contributed by atoms with van der Waals surface area (Å²) in [6.07, 6.45) is -1.33. The second-order valence-electron chi connectivity index (χ2n) is 5.98. The maximum Gasteiger partial charge on any atom is 0.336 e. The largest absolute Gasteiger partial charge is 0.497 e. The first-order valence-corrected chi connectivity index (χ1v) is 9.27. The molecule has 5 nitrogen and oxygen atoms in total. The molecular formula is C21H21NO4S. The number of carbonyl (C=O) groups excluding carboxylic acids is 1. The van der Waals surface area contributed by atoms with Gasteiger partial charge in [-0.1, -0.05) is 36.4 Å². The van der Waals surface area contributed by atoms with Gasteiger partial charge in [-0.3, -0.25) is 0 Å². The van der Waals surface area contributed by atoms with Gasteiger partial charge in [0.25, 0.3) is 0 Å². The Morgan fingerprint density at radius 3 is 2.33 bits per heavy atom. The number of methoxy groups -OCH3 is 2. The molecule has 3 aromatic rings. The van der Waals surface area contributed by atoms with Crippen LogP contribution in [0.5, 0.6) is 5.75 Å². The minimum Gasteiger partial charge on any atom is -0.497 e. The lowest BCUT2D eigenvalue weighted by atomic mass is 10.1. The predicted octanol–water partition coefficient (Wildman–Crippen LogP) is 3.80. The Morgan fingerprint density at radius 2 is 1.70 bits per heavy atom. The summed E-state index contributed by atoms with van der Waals surface area (Å²) in [6, 6.07) is 18.8. The molecule has 0 aliphatic rings. The summed E-state index contributed by atoms with van der Waals surface area (Å²) < 4.78 is 9.95. The summed E-state index contributed by atoms with van der Waals surface area (Å²) in [4.78, 5) is 12.9. The minimum absolute atomic E-state index is 0.562. The van der Waals surface area contributed by atoms with E-state index in [1.165, 1.54) is 18.9 Å². The van der Waals surface area contributed by atoms with E-state index in [1.807, 2.05) is 48.5 Å². The van der Waals surface area contributed by atoms with Gasteiger partial charge in [0.05, 0.1) is 19.5 Å². The average molecular weight is 383 g/mol. The lowest BCUT2D eigenvalue weighted by molar-refractivity contribution is -0.150. The molecule has 0 spiro atoms. The fraction of sp³-hybridized carbons (Fsp3) is 0.190. The highest BCUT2D eigenvalue weighted by Crippen LogP contribution is 2.42. The molecule has 3 N–H and O–H groups in total. The van der Waals surface area contributed by atoms with Crippen LogP contribution in [0.3, 0.4) is 0 Å². The molecule has 0 aromatic heterocycles. The lowest BCUT2D eigenvalue weighted by Crippen LogP contribution is -2.27. The number of esters is 1. The number of hydrogen-bond donors (Lipinski definition) is 2. The Kier molecular flexibility index (Phi) is 5.88. The van der Waals surface area contributed by atoms with Crippen LogP contribution in [0.1, 0.15) is 10.8 Å². The number of rotatable bonds is 6. The van der Waals surface area contributed by atoms with Crippen molar-refractivity contribution in [1.29, 1.82) is 0 Å². The van der Waals surface area contributed by atoms with E-state index in [0.717, 1.165) is 21.2 Å². The molecule has 0 heterocycles. The Balaban J connectivity index is 2.05. The smallest absolute Gasteiger partial charge is 0.336 e. The quantitative estimate of drug-likeness (QED) is 0.383. The van der Waals surface area contributed by atoms with Gasteiger partial charge < -0.3 is 20.3 Å². The van der Waals surface area contributed by atoms with Crippen LogP contribution in [-0.4, -0.2) is 31.4 Å². The Morgan fingerprint density at radius 1 is 1.04 bits per heavy atom. The van der Waals surface area contributed by atoms with Gasteiger partial charge in [0, 0.05) is 16.0 Å². The monoisotopic (exact) mass is 383 g/mol. The van der Waals surface area contributed by atoms with Crippen LogP contribution in [0.2, 0.25) is 0 Å². The highest BCUT2D eigenvalue weighted by Gasteiger charge is 2.30. The van der Waals surface area contributed by atoms with E-state index in [2.05, 4.69) is 0 Å². The first-order chi connectivity index (χ1) is 13.0. The number of fused-ring (bicyclic) bond motifs is 1. The van der Waals surface area contributed by atoms with Crippen LogP contribution in [-0.2, 0) is 9.53 Å². The van der Waals surface area contributed by atoms with Crippen molar-refractivity contribution in [2.75, 3.05) is 20.0 Å². The van der Waals surface area contributed by atoms with Crippen LogP contribution in [0.25, 0.3) is 10.8 Å². The number of hydrogen-bond acceptors (Lipinski definition) is 6. The second-order valence-corrected chi connectivity index (χ2v) is 7.16. The predicted molar refractivity (Wildman–Crippen MR) is 108 cm³/mol. The summed E-state index contributed by atoms with van der Waals surface area (Å²) in [5.74, 6) is 0.0148. The molecule has 6 heteroatoms. The zero-order valence-corrected chi connectivity index (χ0v) is 15.9. The molecule has 140 valence electrons. The Hall–Kier alpha value is -2.70. The first-order valence-electron chi connectivity index (χ1n) is 8.39. The molecule has 0 aliphatic heterocycles. The van der Waals surface area contributed by atoms with Gasteiger partial charge in [-0.05, 0) is 35.2 Å². The number of carbonyl (C=O) groups is 1. The van der Waals surface area contributed by atoms with Crippen LogP contribution < -0.4 is 10.5 Å². The summed E-state index contributed by atoms with van der Waals surface area (Å²) in [5, 5.41) is 11.9. The van der Waals surface area contributed by atoms with Crippen molar-refractivity contribution in [2.24, 2.45) is 0 Å². The molecule has 0 saturated heterocycles. The van der Waals surface area contributed by atoms with Crippen molar-refractivity contribution >= 4 is 34.2 Å². The van der Waals surface area contributed by atoms with E-state index in [1.54, 1.807) is 19.2 Å². The number of thioether (sulfide) groups is 1. The molecule has 0 amide bonds.